The summed E-state index contributed by atoms with van der Waals surface area (Å²) < 4.78 is 27.2. The van der Waals surface area contributed by atoms with Crippen molar-refractivity contribution in [2.45, 2.75) is 0 Å². The van der Waals surface area contributed by atoms with Crippen LogP contribution in [0.1, 0.15) is 4.88 Å². The number of carbonyl (C=O) groups excluding carboxylic acids is 1. The smallest absolute Gasteiger partial charge is 0.248 e. The van der Waals surface area contributed by atoms with Gasteiger partial charge in [0.15, 0.2) is 11.6 Å². The van der Waals surface area contributed by atoms with E-state index in [1.165, 1.54) is 29.5 Å². The molecule has 98 valence electrons. The minimum atomic E-state index is -1.07. The molecule has 1 heterocycles. The zero-order chi connectivity index (χ0) is 13.8. The Labute approximate surface area is 120 Å². The van der Waals surface area contributed by atoms with Crippen LogP contribution in [0.4, 0.5) is 14.5 Å². The van der Waals surface area contributed by atoms with E-state index < -0.39 is 17.5 Å². The van der Waals surface area contributed by atoms with Crippen LogP contribution in [0, 0.1) is 11.6 Å². The molecule has 0 aliphatic carbocycles. The van der Waals surface area contributed by atoms with Crippen molar-refractivity contribution in [3.63, 3.8) is 0 Å². The number of benzene rings is 1. The highest BCUT2D eigenvalue weighted by Crippen LogP contribution is 2.21. The van der Waals surface area contributed by atoms with Crippen LogP contribution in [0.2, 0.25) is 0 Å². The first-order valence-electron chi connectivity index (χ1n) is 5.23. The Morgan fingerprint density at radius 2 is 2.16 bits per heavy atom. The van der Waals surface area contributed by atoms with Gasteiger partial charge in [0.1, 0.15) is 0 Å². The molecule has 1 N–H and O–H groups in total. The van der Waals surface area contributed by atoms with Crippen LogP contribution in [0.3, 0.4) is 0 Å². The lowest BCUT2D eigenvalue weighted by molar-refractivity contribution is -0.111. The Kier molecular flexibility index (Phi) is 4.44. The second-order valence-electron chi connectivity index (χ2n) is 3.59. The van der Waals surface area contributed by atoms with Crippen molar-refractivity contribution in [1.82, 2.24) is 0 Å². The number of anilines is 1. The molecule has 0 radical (unpaired) electrons. The largest absolute Gasteiger partial charge is 0.320 e. The summed E-state index contributed by atoms with van der Waals surface area (Å²) in [6.45, 7) is 0. The van der Waals surface area contributed by atoms with Gasteiger partial charge in [-0.15, -0.1) is 11.3 Å². The lowest BCUT2D eigenvalue weighted by Crippen LogP contribution is -2.09. The lowest BCUT2D eigenvalue weighted by Gasteiger charge is -2.03. The van der Waals surface area contributed by atoms with Crippen LogP contribution in [-0.2, 0) is 4.79 Å². The molecule has 2 rings (SSSR count). The van der Waals surface area contributed by atoms with E-state index >= 15 is 0 Å². The van der Waals surface area contributed by atoms with Crippen molar-refractivity contribution in [3.8, 4) is 0 Å². The molecule has 0 bridgehead atoms. The monoisotopic (exact) mass is 343 g/mol. The summed E-state index contributed by atoms with van der Waals surface area (Å²) in [4.78, 5) is 12.4. The van der Waals surface area contributed by atoms with Gasteiger partial charge in [-0.2, -0.15) is 0 Å². The van der Waals surface area contributed by atoms with E-state index in [9.17, 15) is 13.6 Å². The molecular formula is C13H8BrF2NOS. The SMILES string of the molecule is O=C(C=Cc1cc(Br)cs1)Nc1cccc(F)c1F. The molecule has 2 nitrogen and oxygen atoms in total. The van der Waals surface area contributed by atoms with E-state index in [0.717, 1.165) is 15.4 Å². The summed E-state index contributed by atoms with van der Waals surface area (Å²) in [5, 5.41) is 4.16. The molecule has 0 spiro atoms. The Hall–Kier alpha value is -1.53. The molecule has 2 aromatic rings. The molecule has 6 heteroatoms. The van der Waals surface area contributed by atoms with Crippen molar-refractivity contribution in [1.29, 1.82) is 0 Å². The van der Waals surface area contributed by atoms with Crippen molar-refractivity contribution in [2.24, 2.45) is 0 Å². The van der Waals surface area contributed by atoms with Crippen molar-refractivity contribution >= 4 is 44.9 Å². The Morgan fingerprint density at radius 1 is 1.37 bits per heavy atom. The van der Waals surface area contributed by atoms with E-state index in [4.69, 9.17) is 0 Å². The van der Waals surface area contributed by atoms with Gasteiger partial charge in [-0.3, -0.25) is 4.79 Å². The van der Waals surface area contributed by atoms with Crippen molar-refractivity contribution < 1.29 is 13.6 Å². The molecule has 0 saturated heterocycles. The van der Waals surface area contributed by atoms with Crippen LogP contribution >= 0.6 is 27.3 Å². The van der Waals surface area contributed by atoms with Gasteiger partial charge in [0, 0.05) is 20.8 Å². The summed E-state index contributed by atoms with van der Waals surface area (Å²) in [6, 6.07) is 5.46. The van der Waals surface area contributed by atoms with E-state index in [-0.39, 0.29) is 5.69 Å². The first-order chi connectivity index (χ1) is 9.06. The van der Waals surface area contributed by atoms with Gasteiger partial charge in [-0.05, 0) is 40.2 Å². The predicted octanol–water partition coefficient (Wildman–Crippen LogP) is 4.44. The quantitative estimate of drug-likeness (QED) is 0.820. The Morgan fingerprint density at radius 3 is 2.84 bits per heavy atom. The van der Waals surface area contributed by atoms with E-state index in [1.807, 2.05) is 11.4 Å². The van der Waals surface area contributed by atoms with E-state index in [2.05, 4.69) is 21.2 Å². The number of thiophene rings is 1. The van der Waals surface area contributed by atoms with Crippen LogP contribution in [-0.4, -0.2) is 5.91 Å². The minimum absolute atomic E-state index is 0.179. The number of nitrogens with one attached hydrogen (secondary N) is 1. The summed E-state index contributed by atoms with van der Waals surface area (Å²) in [5.74, 6) is -2.58. The third-order valence-electron chi connectivity index (χ3n) is 2.20. The van der Waals surface area contributed by atoms with E-state index in [0.29, 0.717) is 0 Å². The normalized spacial score (nSPS) is 10.9. The average molecular weight is 344 g/mol. The van der Waals surface area contributed by atoms with E-state index in [1.54, 1.807) is 6.08 Å². The molecule has 0 fully saturated rings. The number of carbonyl (C=O) groups is 1. The molecule has 0 aliphatic heterocycles. The Balaban J connectivity index is 2.05. The number of hydrogen-bond donors (Lipinski definition) is 1. The van der Waals surface area contributed by atoms with Gasteiger partial charge in [0.2, 0.25) is 5.91 Å². The molecule has 1 aromatic heterocycles. The molecule has 19 heavy (non-hydrogen) atoms. The van der Waals surface area contributed by atoms with Gasteiger partial charge < -0.3 is 5.32 Å². The fourth-order valence-corrected chi connectivity index (χ4v) is 2.69. The zero-order valence-corrected chi connectivity index (χ0v) is 11.9. The third-order valence-corrected chi connectivity index (χ3v) is 3.85. The van der Waals surface area contributed by atoms with Gasteiger partial charge in [-0.1, -0.05) is 6.07 Å². The third kappa shape index (κ3) is 3.71. The number of hydrogen-bond acceptors (Lipinski definition) is 2. The second-order valence-corrected chi connectivity index (χ2v) is 5.45. The van der Waals surface area contributed by atoms with Gasteiger partial charge in [0.05, 0.1) is 5.69 Å². The molecule has 1 amide bonds. The summed E-state index contributed by atoms with van der Waals surface area (Å²) in [5.41, 5.74) is -0.179. The maximum Gasteiger partial charge on any atom is 0.248 e. The van der Waals surface area contributed by atoms with Crippen LogP contribution in [0.25, 0.3) is 6.08 Å². The van der Waals surface area contributed by atoms with Crippen LogP contribution in [0.5, 0.6) is 0 Å². The number of rotatable bonds is 3. The van der Waals surface area contributed by atoms with Gasteiger partial charge in [0.25, 0.3) is 0 Å². The van der Waals surface area contributed by atoms with Crippen molar-refractivity contribution in [2.75, 3.05) is 5.32 Å². The fourth-order valence-electron chi connectivity index (χ4n) is 1.35. The highest BCUT2D eigenvalue weighted by molar-refractivity contribution is 9.10. The standard InChI is InChI=1S/C13H8BrF2NOS/c14-8-6-9(19-7-8)4-5-12(18)17-11-3-1-2-10(15)13(11)16/h1-7H,(H,17,18). The van der Waals surface area contributed by atoms with Crippen LogP contribution < -0.4 is 5.32 Å². The summed E-state index contributed by atoms with van der Waals surface area (Å²) in [6.07, 6.45) is 2.87. The average Bonchev–Trinajstić information content (AvgIpc) is 2.78. The molecule has 0 atom stereocenters. The first kappa shape index (κ1) is 13.9. The topological polar surface area (TPSA) is 29.1 Å². The molecule has 0 unspecified atom stereocenters. The van der Waals surface area contributed by atoms with Gasteiger partial charge >= 0.3 is 0 Å². The number of amides is 1. The predicted molar refractivity (Wildman–Crippen MR) is 76.0 cm³/mol. The number of halogens is 3. The Bertz CT molecular complexity index is 639. The maximum absolute atomic E-state index is 13.3. The van der Waals surface area contributed by atoms with Crippen LogP contribution in [0.15, 0.2) is 40.2 Å². The lowest BCUT2D eigenvalue weighted by atomic mass is 10.3. The zero-order valence-electron chi connectivity index (χ0n) is 9.49. The minimum Gasteiger partial charge on any atom is -0.320 e. The molecule has 0 saturated carbocycles. The highest BCUT2D eigenvalue weighted by Gasteiger charge is 2.08. The van der Waals surface area contributed by atoms with Crippen molar-refractivity contribution in [3.05, 3.63) is 56.7 Å². The van der Waals surface area contributed by atoms with Gasteiger partial charge in [-0.25, -0.2) is 8.78 Å². The molecular weight excluding hydrogens is 336 g/mol. The fraction of sp³-hybridized carbons (Fsp3) is 0. The second kappa shape index (κ2) is 6.08. The highest BCUT2D eigenvalue weighted by atomic mass is 79.9. The molecule has 1 aromatic carbocycles. The first-order valence-corrected chi connectivity index (χ1v) is 6.90. The maximum atomic E-state index is 13.3. The summed E-state index contributed by atoms with van der Waals surface area (Å²) >= 11 is 4.75. The molecule has 0 aliphatic rings. The summed E-state index contributed by atoms with van der Waals surface area (Å²) in [7, 11) is 0.